The third-order valence-electron chi connectivity index (χ3n) is 10.4. The molecule has 0 aliphatic carbocycles. The van der Waals surface area contributed by atoms with Crippen LogP contribution in [0.25, 0.3) is 0 Å². The van der Waals surface area contributed by atoms with Gasteiger partial charge in [-0.05, 0) is 44.5 Å². The lowest BCUT2D eigenvalue weighted by molar-refractivity contribution is -0.437. The van der Waals surface area contributed by atoms with Gasteiger partial charge in [-0.25, -0.2) is 0 Å². The van der Waals surface area contributed by atoms with Crippen molar-refractivity contribution in [3.05, 3.63) is 81.6 Å². The van der Waals surface area contributed by atoms with E-state index < -0.39 is 66.2 Å². The number of carbonyl (C=O) groups excluding carboxylic acids is 4. The van der Waals surface area contributed by atoms with Gasteiger partial charge in [-0.1, -0.05) is 43.6 Å². The molecule has 0 spiro atoms. The van der Waals surface area contributed by atoms with Crippen LogP contribution in [0.3, 0.4) is 0 Å². The SMILES string of the molecule is C#CCNC(=O)c1cc(C(=O)NCC#C)c2c(c1)N(CCCS(=O)(=O)O)/C(=C/C=C/C1=[N+](CCCS(=O)(=O)O)c3cc(C(=O)NCC#C)cc(C(=O)NCC#C)c3C1(C)C)C2(C)C. The van der Waals surface area contributed by atoms with Gasteiger partial charge < -0.3 is 26.2 Å². The summed E-state index contributed by atoms with van der Waals surface area (Å²) in [5.74, 6) is 5.89. The lowest BCUT2D eigenvalue weighted by Crippen LogP contribution is -2.32. The molecule has 2 heterocycles. The summed E-state index contributed by atoms with van der Waals surface area (Å²) in [6.07, 6.45) is 26.7. The molecule has 2 aromatic carbocycles. The smallest absolute Gasteiger partial charge is 0.265 e. The summed E-state index contributed by atoms with van der Waals surface area (Å²) in [5, 5.41) is 10.5. The Kier molecular flexibility index (Phi) is 15.6. The topological polar surface area (TPSA) is 231 Å². The summed E-state index contributed by atoms with van der Waals surface area (Å²) >= 11 is 0. The summed E-state index contributed by atoms with van der Waals surface area (Å²) < 4.78 is 68.4. The van der Waals surface area contributed by atoms with E-state index >= 15 is 0 Å². The van der Waals surface area contributed by atoms with Crippen LogP contribution in [0.1, 0.15) is 93.1 Å². The van der Waals surface area contributed by atoms with Crippen LogP contribution in [0.5, 0.6) is 0 Å². The number of hydrogen-bond acceptors (Lipinski definition) is 9. The molecule has 18 heteroatoms. The standard InChI is InChI=1S/C45H48N6O10S2/c1-9-18-46-40(52)30-26-32(42(54)48-20-11-3)38-34(28-30)50(22-14-24-62(56,57)58)36(44(38,5)6)16-13-17-37-45(7,8)39-33(43(55)49-21-12-4)27-31(41(53)47-19-10-2)29-35(39)51(37)23-15-25-63(59,60)61/h1-4,13,16-17,26-29H,14-15,18-25H2,5-8H3,(H5-,46,47,48,49,52,53,54,55,56,57,58,59,60,61)/p+1. The Balaban J connectivity index is 2.00. The Hall–Kier alpha value is -6.67. The number of fused-ring (bicyclic) bond motifs is 2. The van der Waals surface area contributed by atoms with Crippen LogP contribution in [0.2, 0.25) is 0 Å². The maximum Gasteiger partial charge on any atom is 0.265 e. The molecule has 0 unspecified atom stereocenters. The van der Waals surface area contributed by atoms with Crippen molar-refractivity contribution < 1.29 is 49.7 Å². The predicted octanol–water partition coefficient (Wildman–Crippen LogP) is 2.31. The first kappa shape index (κ1) is 49.0. The summed E-state index contributed by atoms with van der Waals surface area (Å²) in [6.45, 7) is 6.92. The minimum atomic E-state index is -4.38. The quantitative estimate of drug-likeness (QED) is 0.0723. The Bertz CT molecular complexity index is 2720. The molecule has 0 aromatic heterocycles. The van der Waals surface area contributed by atoms with Crippen molar-refractivity contribution in [2.45, 2.75) is 51.4 Å². The second-order valence-electron chi connectivity index (χ2n) is 15.5. The number of amides is 4. The van der Waals surface area contributed by atoms with E-state index in [0.717, 1.165) is 0 Å². The van der Waals surface area contributed by atoms with Gasteiger partial charge in [0.05, 0.1) is 54.2 Å². The van der Waals surface area contributed by atoms with Gasteiger partial charge in [0, 0.05) is 64.2 Å². The van der Waals surface area contributed by atoms with Crippen LogP contribution in [0.15, 0.2) is 48.2 Å². The molecular formula is C45H49N6O10S2+. The highest BCUT2D eigenvalue weighted by molar-refractivity contribution is 7.86. The number of benzene rings is 2. The predicted molar refractivity (Wildman–Crippen MR) is 240 cm³/mol. The summed E-state index contributed by atoms with van der Waals surface area (Å²) in [4.78, 5) is 55.8. The Labute approximate surface area is 368 Å². The first-order valence-electron chi connectivity index (χ1n) is 19.5. The van der Waals surface area contributed by atoms with E-state index in [0.29, 0.717) is 33.9 Å². The van der Waals surface area contributed by atoms with E-state index in [1.807, 2.05) is 27.7 Å². The fourth-order valence-electron chi connectivity index (χ4n) is 7.84. The van der Waals surface area contributed by atoms with Crippen molar-refractivity contribution in [2.75, 3.05) is 55.7 Å². The lowest BCUT2D eigenvalue weighted by atomic mass is 9.78. The largest absolute Gasteiger partial charge is 0.344 e. The molecule has 2 aliphatic heterocycles. The van der Waals surface area contributed by atoms with Gasteiger partial charge in [-0.2, -0.15) is 21.4 Å². The number of carbonyl (C=O) groups is 4. The van der Waals surface area contributed by atoms with Crippen LogP contribution in [-0.2, 0) is 31.1 Å². The number of allylic oxidation sites excluding steroid dienone is 4. The van der Waals surface area contributed by atoms with Crippen molar-refractivity contribution in [3.63, 3.8) is 0 Å². The maximum absolute atomic E-state index is 13.7. The zero-order valence-corrected chi connectivity index (χ0v) is 36.9. The first-order chi connectivity index (χ1) is 29.5. The number of terminal acetylenes is 4. The van der Waals surface area contributed by atoms with Crippen LogP contribution < -0.4 is 26.2 Å². The second kappa shape index (κ2) is 20.0. The van der Waals surface area contributed by atoms with Gasteiger partial charge in [0.15, 0.2) is 5.71 Å². The highest BCUT2D eigenvalue weighted by atomic mass is 32.2. The third kappa shape index (κ3) is 11.4. The molecular weight excluding hydrogens is 849 g/mol. The molecule has 0 fully saturated rings. The Morgan fingerprint density at radius 1 is 0.683 bits per heavy atom. The monoisotopic (exact) mass is 897 g/mol. The van der Waals surface area contributed by atoms with E-state index in [9.17, 15) is 45.1 Å². The third-order valence-corrected chi connectivity index (χ3v) is 12.0. The lowest BCUT2D eigenvalue weighted by Gasteiger charge is -2.27. The zero-order valence-electron chi connectivity index (χ0n) is 35.3. The first-order valence-corrected chi connectivity index (χ1v) is 22.7. The van der Waals surface area contributed by atoms with Crippen LogP contribution in [0, 0.1) is 49.4 Å². The molecule has 0 bridgehead atoms. The van der Waals surface area contributed by atoms with Gasteiger partial charge in [0.2, 0.25) is 5.69 Å². The maximum atomic E-state index is 13.7. The van der Waals surface area contributed by atoms with E-state index in [1.54, 1.807) is 39.8 Å². The summed E-state index contributed by atoms with van der Waals surface area (Å²) in [5.41, 5.74) is 1.26. The normalized spacial score (nSPS) is 15.4. The molecule has 0 saturated carbocycles. The minimum absolute atomic E-state index is 0.00659. The number of nitrogens with one attached hydrogen (secondary N) is 4. The van der Waals surface area contributed by atoms with Crippen molar-refractivity contribution in [2.24, 2.45) is 0 Å². The molecule has 4 rings (SSSR count). The van der Waals surface area contributed by atoms with E-state index in [1.165, 1.54) is 12.1 Å². The molecule has 2 aromatic rings. The molecule has 63 heavy (non-hydrogen) atoms. The summed E-state index contributed by atoms with van der Waals surface area (Å²) in [6, 6.07) is 5.96. The van der Waals surface area contributed by atoms with Crippen molar-refractivity contribution in [3.8, 4) is 49.4 Å². The average Bonchev–Trinajstić information content (AvgIpc) is 3.56. The van der Waals surface area contributed by atoms with Gasteiger partial charge in [0.25, 0.3) is 43.9 Å². The van der Waals surface area contributed by atoms with Crippen molar-refractivity contribution in [1.82, 2.24) is 21.3 Å². The van der Waals surface area contributed by atoms with Crippen LogP contribution in [-0.4, -0.2) is 111 Å². The van der Waals surface area contributed by atoms with Gasteiger partial charge >= 0.3 is 0 Å². The van der Waals surface area contributed by atoms with Gasteiger partial charge in [0.1, 0.15) is 6.54 Å². The van der Waals surface area contributed by atoms with Gasteiger partial charge in [-0.3, -0.25) is 28.3 Å². The number of hydrogen-bond donors (Lipinski definition) is 6. The number of anilines is 1. The Morgan fingerprint density at radius 2 is 1.14 bits per heavy atom. The highest BCUT2D eigenvalue weighted by Crippen LogP contribution is 2.50. The summed E-state index contributed by atoms with van der Waals surface area (Å²) in [7, 11) is -8.76. The molecule has 0 atom stereocenters. The second-order valence-corrected chi connectivity index (χ2v) is 18.7. The molecule has 16 nitrogen and oxygen atoms in total. The molecule has 6 N–H and O–H groups in total. The van der Waals surface area contributed by atoms with Crippen LogP contribution >= 0.6 is 0 Å². The molecule has 0 radical (unpaired) electrons. The molecule has 4 amide bonds. The van der Waals surface area contributed by atoms with E-state index in [-0.39, 0.29) is 74.4 Å². The number of nitrogens with zero attached hydrogens (tertiary/aromatic N) is 2. The molecule has 330 valence electrons. The number of rotatable bonds is 18. The van der Waals surface area contributed by atoms with Gasteiger partial charge in [-0.15, -0.1) is 25.7 Å². The fourth-order valence-corrected chi connectivity index (χ4v) is 8.83. The highest BCUT2D eigenvalue weighted by Gasteiger charge is 2.48. The Morgan fingerprint density at radius 3 is 1.63 bits per heavy atom. The fraction of sp³-hybridized carbons (Fsp3) is 0.356. The molecule has 2 aliphatic rings. The van der Waals surface area contributed by atoms with Crippen molar-refractivity contribution >= 4 is 61.0 Å². The van der Waals surface area contributed by atoms with Crippen molar-refractivity contribution in [1.29, 1.82) is 0 Å². The van der Waals surface area contributed by atoms with E-state index in [2.05, 4.69) is 44.9 Å². The van der Waals surface area contributed by atoms with Crippen LogP contribution in [0.4, 0.5) is 11.4 Å². The molecule has 0 saturated heterocycles. The zero-order chi connectivity index (χ0) is 46.9. The minimum Gasteiger partial charge on any atom is -0.344 e. The average molecular weight is 898 g/mol. The van der Waals surface area contributed by atoms with E-state index in [4.69, 9.17) is 25.7 Å².